The molecular formula is C20H31N3O3S. The van der Waals surface area contributed by atoms with E-state index in [-0.39, 0.29) is 23.8 Å². The highest BCUT2D eigenvalue weighted by atomic mass is 32.1. The van der Waals surface area contributed by atoms with E-state index in [9.17, 15) is 4.79 Å². The van der Waals surface area contributed by atoms with Crippen molar-refractivity contribution in [1.29, 1.82) is 0 Å². The lowest BCUT2D eigenvalue weighted by atomic mass is 9.87. The lowest BCUT2D eigenvalue weighted by Gasteiger charge is -2.23. The Balaban J connectivity index is 2.35. The van der Waals surface area contributed by atoms with Gasteiger partial charge in [0.15, 0.2) is 16.6 Å². The van der Waals surface area contributed by atoms with Crippen LogP contribution in [0, 0.1) is 5.92 Å². The molecule has 0 aromatic heterocycles. The van der Waals surface area contributed by atoms with Crippen LogP contribution < -0.4 is 20.1 Å². The van der Waals surface area contributed by atoms with Crippen molar-refractivity contribution in [3.8, 4) is 11.5 Å². The van der Waals surface area contributed by atoms with Crippen molar-refractivity contribution < 1.29 is 14.3 Å². The van der Waals surface area contributed by atoms with Crippen molar-refractivity contribution in [3.63, 3.8) is 0 Å². The molecule has 0 unspecified atom stereocenters. The fourth-order valence-corrected chi connectivity index (χ4v) is 3.86. The first-order valence-electron chi connectivity index (χ1n) is 9.46. The molecule has 2 N–H and O–H groups in total. The Morgan fingerprint density at radius 3 is 2.63 bits per heavy atom. The van der Waals surface area contributed by atoms with Crippen molar-refractivity contribution >= 4 is 23.2 Å². The fourth-order valence-electron chi connectivity index (χ4n) is 3.47. The average Bonchev–Trinajstić information content (AvgIpc) is 3.10. The second-order valence-corrected chi connectivity index (χ2v) is 7.48. The van der Waals surface area contributed by atoms with Gasteiger partial charge in [-0.1, -0.05) is 19.1 Å². The van der Waals surface area contributed by atoms with Gasteiger partial charge in [-0.2, -0.15) is 0 Å². The number of thiocarbonyl (C=S) groups is 1. The lowest BCUT2D eigenvalue weighted by molar-refractivity contribution is -0.124. The summed E-state index contributed by atoms with van der Waals surface area (Å²) in [7, 11) is 3.25. The fraction of sp³-hybridized carbons (Fsp3) is 0.600. The normalized spacial score (nSPS) is 19.1. The molecule has 150 valence electrons. The smallest absolute Gasteiger partial charge is 0.225 e. The maximum absolute atomic E-state index is 12.9. The molecular weight excluding hydrogens is 362 g/mol. The predicted molar refractivity (Wildman–Crippen MR) is 112 cm³/mol. The minimum absolute atomic E-state index is 0.0289. The molecule has 1 fully saturated rings. The summed E-state index contributed by atoms with van der Waals surface area (Å²) >= 11 is 5.56. The monoisotopic (exact) mass is 393 g/mol. The van der Waals surface area contributed by atoms with Gasteiger partial charge in [0.25, 0.3) is 0 Å². The predicted octanol–water partition coefficient (Wildman–Crippen LogP) is 2.53. The summed E-state index contributed by atoms with van der Waals surface area (Å²) in [5.74, 6) is 1.18. The van der Waals surface area contributed by atoms with E-state index in [0.29, 0.717) is 36.2 Å². The molecule has 2 atom stereocenters. The van der Waals surface area contributed by atoms with Gasteiger partial charge in [-0.25, -0.2) is 0 Å². The zero-order valence-corrected chi connectivity index (χ0v) is 17.7. The largest absolute Gasteiger partial charge is 0.493 e. The third kappa shape index (κ3) is 5.03. The quantitative estimate of drug-likeness (QED) is 0.694. The van der Waals surface area contributed by atoms with E-state index >= 15 is 0 Å². The Labute approximate surface area is 167 Å². The number of methoxy groups -OCH3 is 2. The van der Waals surface area contributed by atoms with Crippen LogP contribution in [0.3, 0.4) is 0 Å². The molecule has 0 saturated carbocycles. The number of likely N-dealkylation sites (tertiary alicyclic amines) is 1. The van der Waals surface area contributed by atoms with Crippen molar-refractivity contribution in [2.24, 2.45) is 5.92 Å². The van der Waals surface area contributed by atoms with Crippen molar-refractivity contribution in [2.45, 2.75) is 39.2 Å². The van der Waals surface area contributed by atoms with E-state index in [1.165, 1.54) is 0 Å². The minimum Gasteiger partial charge on any atom is -0.493 e. The molecule has 0 bridgehead atoms. The Morgan fingerprint density at radius 2 is 2.04 bits per heavy atom. The summed E-state index contributed by atoms with van der Waals surface area (Å²) in [5.41, 5.74) is 0.975. The number of rotatable bonds is 7. The molecule has 27 heavy (non-hydrogen) atoms. The second kappa shape index (κ2) is 9.78. The van der Waals surface area contributed by atoms with Crippen LogP contribution in [0.25, 0.3) is 0 Å². The summed E-state index contributed by atoms with van der Waals surface area (Å²) in [6.45, 7) is 8.07. The van der Waals surface area contributed by atoms with Gasteiger partial charge in [0.1, 0.15) is 0 Å². The molecule has 1 saturated heterocycles. The first kappa shape index (κ1) is 21.3. The van der Waals surface area contributed by atoms with Gasteiger partial charge in [0.05, 0.1) is 20.1 Å². The molecule has 1 aliphatic rings. The van der Waals surface area contributed by atoms with Gasteiger partial charge in [0.2, 0.25) is 5.91 Å². The molecule has 0 radical (unpaired) electrons. The topological polar surface area (TPSA) is 62.8 Å². The number of amides is 1. The van der Waals surface area contributed by atoms with Crippen LogP contribution in [-0.2, 0) is 4.79 Å². The van der Waals surface area contributed by atoms with Gasteiger partial charge >= 0.3 is 0 Å². The van der Waals surface area contributed by atoms with Crippen LogP contribution in [0.2, 0.25) is 0 Å². The van der Waals surface area contributed by atoms with Crippen LogP contribution in [0.1, 0.15) is 38.7 Å². The molecule has 2 rings (SSSR count). The summed E-state index contributed by atoms with van der Waals surface area (Å²) in [5, 5.41) is 7.00. The molecule has 0 spiro atoms. The highest BCUT2D eigenvalue weighted by Crippen LogP contribution is 2.41. The second-order valence-electron chi connectivity index (χ2n) is 7.10. The first-order chi connectivity index (χ1) is 12.9. The minimum atomic E-state index is -0.204. The number of hydrogen-bond acceptors (Lipinski definition) is 4. The number of benzene rings is 1. The number of nitrogens with one attached hydrogen (secondary N) is 2. The van der Waals surface area contributed by atoms with Crippen molar-refractivity contribution in [3.05, 3.63) is 23.8 Å². The van der Waals surface area contributed by atoms with E-state index < -0.39 is 0 Å². The molecule has 7 heteroatoms. The molecule has 1 amide bonds. The summed E-state index contributed by atoms with van der Waals surface area (Å²) in [4.78, 5) is 14.9. The highest BCUT2D eigenvalue weighted by molar-refractivity contribution is 7.80. The number of carbonyl (C=O) groups excluding carboxylic acids is 1. The van der Waals surface area contributed by atoms with Crippen molar-refractivity contribution in [2.75, 3.05) is 33.9 Å². The number of ether oxygens (including phenoxy) is 2. The van der Waals surface area contributed by atoms with E-state index in [1.807, 2.05) is 25.1 Å². The van der Waals surface area contributed by atoms with Crippen LogP contribution >= 0.6 is 12.2 Å². The Bertz CT molecular complexity index is 666. The third-order valence-electron chi connectivity index (χ3n) is 4.74. The zero-order valence-electron chi connectivity index (χ0n) is 16.9. The Hall–Kier alpha value is -2.02. The lowest BCUT2D eigenvalue weighted by Crippen LogP contribution is -2.42. The van der Waals surface area contributed by atoms with Gasteiger partial charge < -0.3 is 25.0 Å². The summed E-state index contributed by atoms with van der Waals surface area (Å²) in [6.07, 6.45) is 0.905. The molecule has 0 aliphatic carbocycles. The molecule has 1 aliphatic heterocycles. The third-order valence-corrected chi connectivity index (χ3v) is 5.11. The van der Waals surface area contributed by atoms with E-state index in [4.69, 9.17) is 21.7 Å². The Morgan fingerprint density at radius 1 is 1.30 bits per heavy atom. The van der Waals surface area contributed by atoms with Crippen LogP contribution in [0.15, 0.2) is 18.2 Å². The molecule has 6 nitrogen and oxygen atoms in total. The van der Waals surface area contributed by atoms with Crippen LogP contribution in [-0.4, -0.2) is 55.8 Å². The van der Waals surface area contributed by atoms with Gasteiger partial charge in [0, 0.05) is 37.2 Å². The average molecular weight is 394 g/mol. The maximum atomic E-state index is 12.9. The van der Waals surface area contributed by atoms with Crippen LogP contribution in [0.5, 0.6) is 11.5 Å². The summed E-state index contributed by atoms with van der Waals surface area (Å²) < 4.78 is 11.1. The number of para-hydroxylation sites is 1. The zero-order chi connectivity index (χ0) is 20.0. The standard InChI is InChI=1S/C20H31N3O3S/c1-6-10-21-19(24)16-12-23(20(27)22-13(2)3)11-15(16)14-8-7-9-17(25-4)18(14)26-5/h7-9,13,15-16H,6,10-12H2,1-5H3,(H,21,24)(H,22,27)/t15-,16+/m0/s1. The van der Waals surface area contributed by atoms with E-state index in [0.717, 1.165) is 12.0 Å². The Kier molecular flexibility index (Phi) is 7.71. The van der Waals surface area contributed by atoms with E-state index in [2.05, 4.69) is 29.4 Å². The molecule has 1 heterocycles. The first-order valence-corrected chi connectivity index (χ1v) is 9.87. The molecule has 1 aromatic carbocycles. The van der Waals surface area contributed by atoms with Crippen LogP contribution in [0.4, 0.5) is 0 Å². The van der Waals surface area contributed by atoms with Gasteiger partial charge in [-0.15, -0.1) is 0 Å². The van der Waals surface area contributed by atoms with E-state index in [1.54, 1.807) is 14.2 Å². The number of nitrogens with zero attached hydrogens (tertiary/aromatic N) is 1. The van der Waals surface area contributed by atoms with Gasteiger partial charge in [-0.3, -0.25) is 4.79 Å². The van der Waals surface area contributed by atoms with Crippen molar-refractivity contribution in [1.82, 2.24) is 15.5 Å². The number of hydrogen-bond donors (Lipinski definition) is 2. The number of carbonyl (C=O) groups is 1. The van der Waals surface area contributed by atoms with Gasteiger partial charge in [-0.05, 0) is 38.6 Å². The summed E-state index contributed by atoms with van der Waals surface area (Å²) in [6, 6.07) is 6.06. The maximum Gasteiger partial charge on any atom is 0.225 e. The highest BCUT2D eigenvalue weighted by Gasteiger charge is 2.41. The molecule has 1 aromatic rings. The SMILES string of the molecule is CCCNC(=O)[C@@H]1CN(C(=S)NC(C)C)C[C@H]1c1cccc(OC)c1OC.